The zero-order valence-corrected chi connectivity index (χ0v) is 9.76. The fourth-order valence-corrected chi connectivity index (χ4v) is 2.50. The molecule has 0 radical (unpaired) electrons. The summed E-state index contributed by atoms with van der Waals surface area (Å²) in [7, 11) is 0. The number of aliphatic hydroxyl groups excluding tert-OH is 1. The van der Waals surface area contributed by atoms with E-state index >= 15 is 0 Å². The molecule has 2 aliphatic carbocycles. The molecule has 2 fully saturated rings. The minimum absolute atomic E-state index is 0.194. The smallest absolute Gasteiger partial charge is 0.307 e. The van der Waals surface area contributed by atoms with Crippen LogP contribution in [-0.4, -0.2) is 34.2 Å². The highest BCUT2D eigenvalue weighted by molar-refractivity contribution is 5.89. The van der Waals surface area contributed by atoms with Gasteiger partial charge < -0.3 is 15.5 Å². The molecule has 0 saturated heterocycles. The Balaban J connectivity index is 1.83. The molecule has 96 valence electrons. The third-order valence-corrected chi connectivity index (χ3v) is 3.75. The first-order chi connectivity index (χ1) is 8.09. The van der Waals surface area contributed by atoms with Gasteiger partial charge in [-0.25, -0.2) is 0 Å². The Kier molecular flexibility index (Phi) is 3.66. The number of carbonyl (C=O) groups excluding carboxylic acids is 1. The largest absolute Gasteiger partial charge is 0.481 e. The molecule has 0 spiro atoms. The van der Waals surface area contributed by atoms with Crippen molar-refractivity contribution in [2.75, 3.05) is 0 Å². The second-order valence-electron chi connectivity index (χ2n) is 5.11. The predicted octanol–water partition coefficient (Wildman–Crippen LogP) is 0.517. The van der Waals surface area contributed by atoms with E-state index in [0.717, 1.165) is 32.1 Å². The molecule has 0 heterocycles. The van der Waals surface area contributed by atoms with Crippen molar-refractivity contribution in [3.05, 3.63) is 0 Å². The Hall–Kier alpha value is -1.10. The summed E-state index contributed by atoms with van der Waals surface area (Å²) in [6, 6.07) is -0.194. The van der Waals surface area contributed by atoms with Crippen LogP contribution in [0.1, 0.15) is 38.5 Å². The molecule has 2 rings (SSSR count). The van der Waals surface area contributed by atoms with Gasteiger partial charge in [-0.05, 0) is 19.3 Å². The molecule has 2 saturated carbocycles. The maximum atomic E-state index is 11.8. The minimum Gasteiger partial charge on any atom is -0.481 e. The number of aliphatic carboxylic acids is 1. The highest BCUT2D eigenvalue weighted by Gasteiger charge is 2.48. The van der Waals surface area contributed by atoms with Gasteiger partial charge in [-0.3, -0.25) is 9.59 Å². The van der Waals surface area contributed by atoms with Crippen molar-refractivity contribution in [2.24, 2.45) is 11.8 Å². The molecule has 0 aliphatic heterocycles. The summed E-state index contributed by atoms with van der Waals surface area (Å²) in [5.41, 5.74) is 0. The third kappa shape index (κ3) is 2.97. The fourth-order valence-electron chi connectivity index (χ4n) is 2.50. The molecule has 2 aliphatic rings. The Morgan fingerprint density at radius 3 is 2.41 bits per heavy atom. The molecule has 5 nitrogen and oxygen atoms in total. The molecule has 17 heavy (non-hydrogen) atoms. The molecule has 0 bridgehead atoms. The SMILES string of the molecule is O=C(O)[C@H]1C[C@H]1C(=O)NC1CCCCCC1O. The number of nitrogens with one attached hydrogen (secondary N) is 1. The van der Waals surface area contributed by atoms with Crippen LogP contribution in [0.4, 0.5) is 0 Å². The summed E-state index contributed by atoms with van der Waals surface area (Å²) in [5, 5.41) is 21.4. The van der Waals surface area contributed by atoms with Crippen LogP contribution >= 0.6 is 0 Å². The lowest BCUT2D eigenvalue weighted by Gasteiger charge is -2.21. The van der Waals surface area contributed by atoms with Gasteiger partial charge in [0, 0.05) is 0 Å². The molecule has 1 amide bonds. The molecule has 0 aromatic rings. The van der Waals surface area contributed by atoms with Crippen molar-refractivity contribution in [3.8, 4) is 0 Å². The molecule has 5 heteroatoms. The lowest BCUT2D eigenvalue weighted by molar-refractivity contribution is -0.140. The van der Waals surface area contributed by atoms with Crippen molar-refractivity contribution >= 4 is 11.9 Å². The van der Waals surface area contributed by atoms with Crippen LogP contribution in [0.15, 0.2) is 0 Å². The van der Waals surface area contributed by atoms with Gasteiger partial charge in [-0.1, -0.05) is 19.3 Å². The topological polar surface area (TPSA) is 86.6 Å². The van der Waals surface area contributed by atoms with Crippen LogP contribution < -0.4 is 5.32 Å². The van der Waals surface area contributed by atoms with E-state index in [4.69, 9.17) is 5.11 Å². The van der Waals surface area contributed by atoms with Crippen LogP contribution in [0.2, 0.25) is 0 Å². The second kappa shape index (κ2) is 5.04. The number of hydrogen-bond donors (Lipinski definition) is 3. The van der Waals surface area contributed by atoms with E-state index < -0.39 is 18.0 Å². The third-order valence-electron chi connectivity index (χ3n) is 3.75. The number of hydrogen-bond acceptors (Lipinski definition) is 3. The monoisotopic (exact) mass is 241 g/mol. The summed E-state index contributed by atoms with van der Waals surface area (Å²) in [6.45, 7) is 0. The lowest BCUT2D eigenvalue weighted by Crippen LogP contribution is -2.43. The van der Waals surface area contributed by atoms with E-state index in [1.54, 1.807) is 0 Å². The normalized spacial score (nSPS) is 37.0. The first-order valence-electron chi connectivity index (χ1n) is 6.31. The first kappa shape index (κ1) is 12.4. The van der Waals surface area contributed by atoms with Crippen molar-refractivity contribution in [1.29, 1.82) is 0 Å². The van der Waals surface area contributed by atoms with Crippen LogP contribution in [0.3, 0.4) is 0 Å². The Labute approximate surface area is 100 Å². The summed E-state index contributed by atoms with van der Waals surface area (Å²) in [6.07, 6.45) is 4.55. The Morgan fingerprint density at radius 2 is 1.76 bits per heavy atom. The average molecular weight is 241 g/mol. The van der Waals surface area contributed by atoms with Crippen LogP contribution in [0, 0.1) is 11.8 Å². The van der Waals surface area contributed by atoms with E-state index in [1.165, 1.54) is 0 Å². The van der Waals surface area contributed by atoms with Crippen LogP contribution in [0.25, 0.3) is 0 Å². The Morgan fingerprint density at radius 1 is 1.06 bits per heavy atom. The van der Waals surface area contributed by atoms with Gasteiger partial charge in [-0.15, -0.1) is 0 Å². The number of amides is 1. The summed E-state index contributed by atoms with van der Waals surface area (Å²) in [5.74, 6) is -2.00. The number of carbonyl (C=O) groups is 2. The van der Waals surface area contributed by atoms with Gasteiger partial charge in [0.1, 0.15) is 0 Å². The maximum Gasteiger partial charge on any atom is 0.307 e. The zero-order chi connectivity index (χ0) is 12.4. The number of rotatable bonds is 3. The first-order valence-corrected chi connectivity index (χ1v) is 6.31. The molecular weight excluding hydrogens is 222 g/mol. The van der Waals surface area contributed by atoms with E-state index in [2.05, 4.69) is 5.32 Å². The van der Waals surface area contributed by atoms with Crippen molar-refractivity contribution in [1.82, 2.24) is 5.32 Å². The predicted molar refractivity (Wildman–Crippen MR) is 60.3 cm³/mol. The highest BCUT2D eigenvalue weighted by Crippen LogP contribution is 2.39. The zero-order valence-electron chi connectivity index (χ0n) is 9.76. The van der Waals surface area contributed by atoms with Gasteiger partial charge in [-0.2, -0.15) is 0 Å². The fraction of sp³-hybridized carbons (Fsp3) is 0.833. The Bertz CT molecular complexity index is 318. The van der Waals surface area contributed by atoms with E-state index in [9.17, 15) is 14.7 Å². The van der Waals surface area contributed by atoms with Gasteiger partial charge in [0.2, 0.25) is 5.91 Å². The summed E-state index contributed by atoms with van der Waals surface area (Å²) >= 11 is 0. The summed E-state index contributed by atoms with van der Waals surface area (Å²) in [4.78, 5) is 22.4. The molecular formula is C12H19NO4. The number of aliphatic hydroxyl groups is 1. The second-order valence-corrected chi connectivity index (χ2v) is 5.11. The standard InChI is InChI=1S/C12H19NO4/c14-10-5-3-1-2-4-9(10)13-11(15)7-6-8(7)12(16)17/h7-10,14H,1-6H2,(H,13,15)(H,16,17)/t7-,8+,9?,10?/m1/s1. The van der Waals surface area contributed by atoms with Crippen molar-refractivity contribution in [3.63, 3.8) is 0 Å². The van der Waals surface area contributed by atoms with Gasteiger partial charge in [0.15, 0.2) is 0 Å². The molecule has 0 aromatic heterocycles. The van der Waals surface area contributed by atoms with Gasteiger partial charge in [0.25, 0.3) is 0 Å². The van der Waals surface area contributed by atoms with Crippen molar-refractivity contribution < 1.29 is 19.8 Å². The van der Waals surface area contributed by atoms with E-state index in [1.807, 2.05) is 0 Å². The van der Waals surface area contributed by atoms with Gasteiger partial charge >= 0.3 is 5.97 Å². The maximum absolute atomic E-state index is 11.8. The quantitative estimate of drug-likeness (QED) is 0.629. The molecule has 0 aromatic carbocycles. The van der Waals surface area contributed by atoms with E-state index in [-0.39, 0.29) is 17.9 Å². The number of carboxylic acid groups (broad SMARTS) is 1. The van der Waals surface area contributed by atoms with Crippen LogP contribution in [-0.2, 0) is 9.59 Å². The number of carboxylic acids is 1. The summed E-state index contributed by atoms with van der Waals surface area (Å²) < 4.78 is 0. The van der Waals surface area contributed by atoms with Crippen LogP contribution in [0.5, 0.6) is 0 Å². The highest BCUT2D eigenvalue weighted by atomic mass is 16.4. The molecule has 2 unspecified atom stereocenters. The van der Waals surface area contributed by atoms with E-state index in [0.29, 0.717) is 6.42 Å². The van der Waals surface area contributed by atoms with Crippen molar-refractivity contribution in [2.45, 2.75) is 50.7 Å². The minimum atomic E-state index is -0.897. The van der Waals surface area contributed by atoms with Gasteiger partial charge in [0.05, 0.1) is 24.0 Å². The lowest BCUT2D eigenvalue weighted by atomic mass is 10.1. The average Bonchev–Trinajstić information content (AvgIpc) is 3.05. The molecule has 3 N–H and O–H groups in total. The molecule has 4 atom stereocenters.